The fraction of sp³-hybridized carbons (Fsp3) is 0.250. The molecule has 106 valence electrons. The first-order valence-electron chi connectivity index (χ1n) is 6.45. The smallest absolute Gasteiger partial charge is 0.146 e. The lowest BCUT2D eigenvalue weighted by Crippen LogP contribution is -2.14. The van der Waals surface area contributed by atoms with Crippen molar-refractivity contribution in [3.8, 4) is 5.75 Å². The number of hydrogen-bond donors (Lipinski definition) is 1. The van der Waals surface area contributed by atoms with Crippen LogP contribution in [0, 0.1) is 5.82 Å². The van der Waals surface area contributed by atoms with E-state index in [1.807, 2.05) is 38.1 Å². The molecule has 1 atom stereocenters. The second kappa shape index (κ2) is 6.25. The Morgan fingerprint density at radius 2 is 1.75 bits per heavy atom. The number of nitrogens with two attached hydrogens (primary N) is 1. The molecule has 4 heteroatoms. The largest absolute Gasteiger partial charge is 0.491 e. The van der Waals surface area contributed by atoms with E-state index >= 15 is 0 Å². The minimum atomic E-state index is -0.554. The summed E-state index contributed by atoms with van der Waals surface area (Å²) in [5.41, 5.74) is 7.29. The van der Waals surface area contributed by atoms with Gasteiger partial charge in [0.05, 0.1) is 17.2 Å². The van der Waals surface area contributed by atoms with Crippen molar-refractivity contribution in [2.75, 3.05) is 0 Å². The summed E-state index contributed by atoms with van der Waals surface area (Å²) in [5, 5.41) is 0.0812. The first-order chi connectivity index (χ1) is 9.49. The molecule has 0 saturated heterocycles. The van der Waals surface area contributed by atoms with Gasteiger partial charge in [-0.15, -0.1) is 0 Å². The van der Waals surface area contributed by atoms with Gasteiger partial charge in [0.25, 0.3) is 0 Å². The summed E-state index contributed by atoms with van der Waals surface area (Å²) in [4.78, 5) is 0. The molecule has 0 spiro atoms. The quantitative estimate of drug-likeness (QED) is 0.911. The van der Waals surface area contributed by atoms with Gasteiger partial charge >= 0.3 is 0 Å². The highest BCUT2D eigenvalue weighted by Crippen LogP contribution is 2.27. The van der Waals surface area contributed by atoms with Gasteiger partial charge in [0, 0.05) is 5.56 Å². The van der Waals surface area contributed by atoms with E-state index in [9.17, 15) is 4.39 Å². The first-order valence-corrected chi connectivity index (χ1v) is 6.83. The molecular formula is C16H17ClFNO. The van der Waals surface area contributed by atoms with Gasteiger partial charge in [-0.2, -0.15) is 0 Å². The van der Waals surface area contributed by atoms with Crippen LogP contribution in [0.2, 0.25) is 5.02 Å². The molecule has 2 N–H and O–H groups in total. The van der Waals surface area contributed by atoms with E-state index in [1.54, 1.807) is 12.1 Å². The van der Waals surface area contributed by atoms with Gasteiger partial charge in [0.1, 0.15) is 11.6 Å². The van der Waals surface area contributed by atoms with E-state index in [0.717, 1.165) is 11.3 Å². The van der Waals surface area contributed by atoms with Crippen LogP contribution in [0.3, 0.4) is 0 Å². The molecule has 2 aromatic rings. The van der Waals surface area contributed by atoms with Gasteiger partial charge in [-0.05, 0) is 37.6 Å². The lowest BCUT2D eigenvalue weighted by Gasteiger charge is -2.15. The van der Waals surface area contributed by atoms with E-state index in [-0.39, 0.29) is 11.1 Å². The highest BCUT2D eigenvalue weighted by Gasteiger charge is 2.15. The Balaban J connectivity index is 2.25. The van der Waals surface area contributed by atoms with E-state index < -0.39 is 11.9 Å². The summed E-state index contributed by atoms with van der Waals surface area (Å²) >= 11 is 5.78. The van der Waals surface area contributed by atoms with E-state index in [0.29, 0.717) is 5.56 Å². The van der Waals surface area contributed by atoms with Crippen molar-refractivity contribution in [3.63, 3.8) is 0 Å². The van der Waals surface area contributed by atoms with E-state index in [1.165, 1.54) is 6.07 Å². The molecule has 0 aromatic heterocycles. The Labute approximate surface area is 123 Å². The van der Waals surface area contributed by atoms with Gasteiger partial charge in [0.15, 0.2) is 0 Å². The Morgan fingerprint density at radius 1 is 1.10 bits per heavy atom. The molecule has 20 heavy (non-hydrogen) atoms. The van der Waals surface area contributed by atoms with Crippen molar-refractivity contribution in [1.29, 1.82) is 0 Å². The molecule has 0 saturated carbocycles. The summed E-state index contributed by atoms with van der Waals surface area (Å²) in [6.07, 6.45) is 0.111. The molecule has 0 aliphatic heterocycles. The van der Waals surface area contributed by atoms with Crippen molar-refractivity contribution >= 4 is 11.6 Å². The van der Waals surface area contributed by atoms with Gasteiger partial charge in [-0.1, -0.05) is 35.9 Å². The summed E-state index contributed by atoms with van der Waals surface area (Å²) in [5.74, 6) is 0.298. The summed E-state index contributed by atoms with van der Waals surface area (Å²) in [6.45, 7) is 3.92. The van der Waals surface area contributed by atoms with Crippen LogP contribution in [-0.4, -0.2) is 6.10 Å². The SMILES string of the molecule is CC(C)Oc1ccc(C(N)c2cccc(Cl)c2F)cc1. The lowest BCUT2D eigenvalue weighted by atomic mass is 9.99. The molecule has 2 nitrogen and oxygen atoms in total. The number of rotatable bonds is 4. The van der Waals surface area contributed by atoms with Gasteiger partial charge < -0.3 is 10.5 Å². The van der Waals surface area contributed by atoms with Crippen LogP contribution in [0.25, 0.3) is 0 Å². The van der Waals surface area contributed by atoms with Gasteiger partial charge in [0.2, 0.25) is 0 Å². The maximum absolute atomic E-state index is 14.0. The summed E-state index contributed by atoms with van der Waals surface area (Å²) in [7, 11) is 0. The van der Waals surface area contributed by atoms with Gasteiger partial charge in [-0.3, -0.25) is 0 Å². The zero-order valence-electron chi connectivity index (χ0n) is 11.4. The molecule has 2 rings (SSSR count). The average molecular weight is 294 g/mol. The highest BCUT2D eigenvalue weighted by molar-refractivity contribution is 6.30. The minimum absolute atomic E-state index is 0.0812. The number of hydrogen-bond acceptors (Lipinski definition) is 2. The van der Waals surface area contributed by atoms with Crippen LogP contribution in [0.4, 0.5) is 4.39 Å². The maximum atomic E-state index is 14.0. The van der Waals surface area contributed by atoms with Gasteiger partial charge in [-0.25, -0.2) is 4.39 Å². The van der Waals surface area contributed by atoms with E-state index in [2.05, 4.69) is 0 Å². The third-order valence-electron chi connectivity index (χ3n) is 2.93. The molecular weight excluding hydrogens is 277 g/mol. The normalized spacial score (nSPS) is 12.5. The molecule has 0 bridgehead atoms. The van der Waals surface area contributed by atoms with Crippen LogP contribution in [0.15, 0.2) is 42.5 Å². The van der Waals surface area contributed by atoms with Crippen LogP contribution >= 0.6 is 11.6 Å². The molecule has 0 amide bonds. The predicted molar refractivity (Wildman–Crippen MR) is 79.6 cm³/mol. The van der Waals surface area contributed by atoms with Crippen molar-refractivity contribution in [2.24, 2.45) is 5.73 Å². The monoisotopic (exact) mass is 293 g/mol. The third-order valence-corrected chi connectivity index (χ3v) is 3.22. The molecule has 0 radical (unpaired) electrons. The topological polar surface area (TPSA) is 35.2 Å². The Hall–Kier alpha value is -1.58. The van der Waals surface area contributed by atoms with Crippen LogP contribution < -0.4 is 10.5 Å². The Bertz CT molecular complexity index is 584. The Morgan fingerprint density at radius 3 is 2.35 bits per heavy atom. The van der Waals surface area contributed by atoms with Crippen molar-refractivity contribution in [2.45, 2.75) is 26.0 Å². The summed E-state index contributed by atoms with van der Waals surface area (Å²) in [6, 6.07) is 11.6. The fourth-order valence-electron chi connectivity index (χ4n) is 1.97. The maximum Gasteiger partial charge on any atom is 0.146 e. The minimum Gasteiger partial charge on any atom is -0.491 e. The number of ether oxygens (including phenoxy) is 1. The average Bonchev–Trinajstić information content (AvgIpc) is 2.41. The standard InChI is InChI=1S/C16H17ClFNO/c1-10(2)20-12-8-6-11(7-9-12)16(19)13-4-3-5-14(17)15(13)18/h3-10,16H,19H2,1-2H3. The highest BCUT2D eigenvalue weighted by atomic mass is 35.5. The van der Waals surface area contributed by atoms with Crippen LogP contribution in [0.5, 0.6) is 5.75 Å². The van der Waals surface area contributed by atoms with E-state index in [4.69, 9.17) is 22.1 Å². The third kappa shape index (κ3) is 3.30. The van der Waals surface area contributed by atoms with Crippen LogP contribution in [0.1, 0.15) is 31.0 Å². The van der Waals surface area contributed by atoms with Crippen molar-refractivity contribution < 1.29 is 9.13 Å². The lowest BCUT2D eigenvalue weighted by molar-refractivity contribution is 0.242. The fourth-order valence-corrected chi connectivity index (χ4v) is 2.15. The molecule has 0 aliphatic rings. The van der Waals surface area contributed by atoms with Crippen molar-refractivity contribution in [1.82, 2.24) is 0 Å². The summed E-state index contributed by atoms with van der Waals surface area (Å²) < 4.78 is 19.5. The van der Waals surface area contributed by atoms with Crippen LogP contribution in [-0.2, 0) is 0 Å². The van der Waals surface area contributed by atoms with Crippen molar-refractivity contribution in [3.05, 3.63) is 64.4 Å². The second-order valence-electron chi connectivity index (χ2n) is 4.86. The Kier molecular flexibility index (Phi) is 4.63. The first kappa shape index (κ1) is 14.8. The molecule has 0 heterocycles. The molecule has 0 fully saturated rings. The molecule has 2 aromatic carbocycles. The predicted octanol–water partition coefficient (Wildman–Crippen LogP) is 4.31. The molecule has 1 unspecified atom stereocenters. The number of halogens is 2. The zero-order valence-corrected chi connectivity index (χ0v) is 12.2. The molecule has 0 aliphatic carbocycles. The number of benzene rings is 2. The second-order valence-corrected chi connectivity index (χ2v) is 5.26. The zero-order chi connectivity index (χ0) is 14.7.